The van der Waals surface area contributed by atoms with Crippen LogP contribution in [0.25, 0.3) is 0 Å². The summed E-state index contributed by atoms with van der Waals surface area (Å²) in [5, 5.41) is 5.93. The first-order valence-corrected chi connectivity index (χ1v) is 13.6. The van der Waals surface area contributed by atoms with Crippen LogP contribution in [0.4, 0.5) is 4.79 Å². The molecule has 2 N–H and O–H groups in total. The average molecular weight is 502 g/mol. The van der Waals surface area contributed by atoms with Crippen molar-refractivity contribution in [1.82, 2.24) is 15.5 Å². The third kappa shape index (κ3) is 8.82. The van der Waals surface area contributed by atoms with E-state index in [2.05, 4.69) is 17.6 Å². The Kier molecular flexibility index (Phi) is 11.3. The molecule has 1 aliphatic rings. The number of nitrogens with zero attached hydrogens (tertiary/aromatic N) is 1. The molecule has 0 bridgehead atoms. The van der Waals surface area contributed by atoms with Crippen LogP contribution >= 0.6 is 0 Å². The number of benzene rings is 1. The van der Waals surface area contributed by atoms with Crippen LogP contribution in [0.2, 0.25) is 0 Å². The largest absolute Gasteiger partial charge is 0.444 e. The fraction of sp³-hybridized carbons (Fsp3) is 0.690. The van der Waals surface area contributed by atoms with Gasteiger partial charge in [-0.1, -0.05) is 57.2 Å². The standard InChI is InChI=1S/C29H47N3O4/c1-8-9-13-19-32(27(34)22(4)30-28(35)36-29(5,6)7)25(24-18-14-15-20(2)21(24)3)26(33)31-23-16-11-10-12-17-23/h14-15,18,22-23,25H,8-13,16-17,19H2,1-7H3,(H,30,35)(H,31,33). The number of rotatable bonds is 10. The van der Waals surface area contributed by atoms with Crippen molar-refractivity contribution in [1.29, 1.82) is 0 Å². The van der Waals surface area contributed by atoms with E-state index in [-0.39, 0.29) is 17.9 Å². The highest BCUT2D eigenvalue weighted by molar-refractivity contribution is 5.92. The highest BCUT2D eigenvalue weighted by atomic mass is 16.6. The quantitative estimate of drug-likeness (QED) is 0.401. The first kappa shape index (κ1) is 29.7. The zero-order valence-electron chi connectivity index (χ0n) is 23.4. The van der Waals surface area contributed by atoms with Crippen LogP contribution < -0.4 is 10.6 Å². The van der Waals surface area contributed by atoms with E-state index in [0.29, 0.717) is 6.54 Å². The normalized spacial score (nSPS) is 16.1. The number of aryl methyl sites for hydroxylation is 1. The summed E-state index contributed by atoms with van der Waals surface area (Å²) in [6, 6.07) is 4.43. The number of hydrogen-bond donors (Lipinski definition) is 2. The summed E-state index contributed by atoms with van der Waals surface area (Å²) in [6.45, 7) is 13.6. The van der Waals surface area contributed by atoms with Crippen molar-refractivity contribution in [3.8, 4) is 0 Å². The first-order chi connectivity index (χ1) is 16.9. The molecule has 1 aromatic carbocycles. The highest BCUT2D eigenvalue weighted by Crippen LogP contribution is 2.29. The van der Waals surface area contributed by atoms with Crippen molar-refractivity contribution in [3.05, 3.63) is 34.9 Å². The van der Waals surface area contributed by atoms with Crippen molar-refractivity contribution in [3.63, 3.8) is 0 Å². The molecule has 1 fully saturated rings. The fourth-order valence-corrected chi connectivity index (χ4v) is 4.74. The van der Waals surface area contributed by atoms with E-state index in [0.717, 1.165) is 61.6 Å². The molecule has 0 saturated heterocycles. The summed E-state index contributed by atoms with van der Waals surface area (Å²) in [5.41, 5.74) is 2.23. The molecule has 1 aliphatic carbocycles. The zero-order chi connectivity index (χ0) is 26.9. The zero-order valence-corrected chi connectivity index (χ0v) is 23.4. The predicted molar refractivity (Wildman–Crippen MR) is 144 cm³/mol. The van der Waals surface area contributed by atoms with Crippen molar-refractivity contribution in [2.75, 3.05) is 6.54 Å². The summed E-state index contributed by atoms with van der Waals surface area (Å²) in [5.74, 6) is -0.438. The summed E-state index contributed by atoms with van der Waals surface area (Å²) < 4.78 is 5.36. The molecule has 36 heavy (non-hydrogen) atoms. The van der Waals surface area contributed by atoms with Crippen LogP contribution in [0.15, 0.2) is 18.2 Å². The van der Waals surface area contributed by atoms with Gasteiger partial charge in [-0.05, 0) is 77.5 Å². The van der Waals surface area contributed by atoms with Gasteiger partial charge < -0.3 is 20.3 Å². The molecule has 2 unspecified atom stereocenters. The van der Waals surface area contributed by atoms with Gasteiger partial charge in [-0.15, -0.1) is 0 Å². The molecule has 0 aliphatic heterocycles. The minimum Gasteiger partial charge on any atom is -0.444 e. The van der Waals surface area contributed by atoms with Gasteiger partial charge in [-0.25, -0.2) is 4.79 Å². The molecule has 202 valence electrons. The van der Waals surface area contributed by atoms with Crippen LogP contribution in [-0.4, -0.2) is 47.0 Å². The summed E-state index contributed by atoms with van der Waals surface area (Å²) in [4.78, 5) is 41.8. The van der Waals surface area contributed by atoms with Crippen LogP contribution in [0.1, 0.15) is 109 Å². The molecule has 2 rings (SSSR count). The van der Waals surface area contributed by atoms with Crippen LogP contribution in [-0.2, 0) is 14.3 Å². The van der Waals surface area contributed by atoms with E-state index in [1.54, 1.807) is 32.6 Å². The molecule has 0 aromatic heterocycles. The maximum absolute atomic E-state index is 13.9. The maximum Gasteiger partial charge on any atom is 0.408 e. The molecule has 3 amide bonds. The van der Waals surface area contributed by atoms with Gasteiger partial charge in [0.2, 0.25) is 11.8 Å². The van der Waals surface area contributed by atoms with Gasteiger partial charge in [0.25, 0.3) is 0 Å². The fourth-order valence-electron chi connectivity index (χ4n) is 4.74. The molecule has 1 saturated carbocycles. The van der Waals surface area contributed by atoms with Gasteiger partial charge in [0.1, 0.15) is 17.7 Å². The van der Waals surface area contributed by atoms with Gasteiger partial charge in [0.15, 0.2) is 0 Å². The average Bonchev–Trinajstić information content (AvgIpc) is 2.80. The van der Waals surface area contributed by atoms with Crippen LogP contribution in [0.3, 0.4) is 0 Å². The Morgan fingerprint density at radius 3 is 2.36 bits per heavy atom. The molecule has 0 heterocycles. The second-order valence-electron chi connectivity index (χ2n) is 11.1. The minimum absolute atomic E-state index is 0.128. The van der Waals surface area contributed by atoms with Gasteiger partial charge in [0, 0.05) is 12.6 Å². The number of nitrogens with one attached hydrogen (secondary N) is 2. The molecule has 0 radical (unpaired) electrons. The number of alkyl carbamates (subject to hydrolysis) is 1. The Labute approximate surface area is 217 Å². The Morgan fingerprint density at radius 2 is 1.75 bits per heavy atom. The maximum atomic E-state index is 13.9. The summed E-state index contributed by atoms with van der Waals surface area (Å²) >= 11 is 0. The smallest absolute Gasteiger partial charge is 0.408 e. The molecule has 1 aromatic rings. The number of ether oxygens (including phenoxy) is 1. The van der Waals surface area contributed by atoms with E-state index in [1.165, 1.54) is 6.42 Å². The van der Waals surface area contributed by atoms with Crippen molar-refractivity contribution >= 4 is 17.9 Å². The lowest BCUT2D eigenvalue weighted by molar-refractivity contribution is -0.142. The van der Waals surface area contributed by atoms with Crippen molar-refractivity contribution in [2.24, 2.45) is 0 Å². The monoisotopic (exact) mass is 501 g/mol. The van der Waals surface area contributed by atoms with Gasteiger partial charge >= 0.3 is 6.09 Å². The van der Waals surface area contributed by atoms with Crippen LogP contribution in [0.5, 0.6) is 0 Å². The van der Waals surface area contributed by atoms with Gasteiger partial charge in [-0.3, -0.25) is 9.59 Å². The van der Waals surface area contributed by atoms with E-state index >= 15 is 0 Å². The molecule has 2 atom stereocenters. The van der Waals surface area contributed by atoms with Crippen molar-refractivity contribution in [2.45, 2.75) is 124 Å². The topological polar surface area (TPSA) is 87.7 Å². The van der Waals surface area contributed by atoms with E-state index < -0.39 is 23.8 Å². The third-order valence-corrected chi connectivity index (χ3v) is 6.84. The Balaban J connectivity index is 2.40. The molecular formula is C29H47N3O4. The number of unbranched alkanes of at least 4 members (excludes halogenated alkanes) is 2. The number of carbonyl (C=O) groups excluding carboxylic acids is 3. The van der Waals surface area contributed by atoms with Crippen LogP contribution in [0, 0.1) is 13.8 Å². The predicted octanol–water partition coefficient (Wildman–Crippen LogP) is 5.73. The lowest BCUT2D eigenvalue weighted by Crippen LogP contribution is -2.53. The second kappa shape index (κ2) is 13.7. The number of carbonyl (C=O) groups is 3. The molecule has 7 heteroatoms. The third-order valence-electron chi connectivity index (χ3n) is 6.84. The SMILES string of the molecule is CCCCCN(C(=O)C(C)NC(=O)OC(C)(C)C)C(C(=O)NC1CCCCC1)c1cccc(C)c1C. The molecule has 7 nitrogen and oxygen atoms in total. The van der Waals surface area contributed by atoms with E-state index in [9.17, 15) is 14.4 Å². The molecular weight excluding hydrogens is 454 g/mol. The molecule has 0 spiro atoms. The summed E-state index contributed by atoms with van der Waals surface area (Å²) in [6.07, 6.45) is 7.41. The summed E-state index contributed by atoms with van der Waals surface area (Å²) in [7, 11) is 0. The highest BCUT2D eigenvalue weighted by Gasteiger charge is 2.36. The second-order valence-corrected chi connectivity index (χ2v) is 11.1. The Bertz CT molecular complexity index is 887. The minimum atomic E-state index is -0.837. The Morgan fingerprint density at radius 1 is 1.08 bits per heavy atom. The van der Waals surface area contributed by atoms with Gasteiger partial charge in [0.05, 0.1) is 0 Å². The number of hydrogen-bond acceptors (Lipinski definition) is 4. The van der Waals surface area contributed by atoms with Crippen molar-refractivity contribution < 1.29 is 19.1 Å². The van der Waals surface area contributed by atoms with E-state index in [4.69, 9.17) is 4.74 Å². The first-order valence-electron chi connectivity index (χ1n) is 13.6. The lowest BCUT2D eigenvalue weighted by atomic mass is 9.92. The van der Waals surface area contributed by atoms with Gasteiger partial charge in [-0.2, -0.15) is 0 Å². The Hall–Kier alpha value is -2.57. The number of amides is 3. The lowest BCUT2D eigenvalue weighted by Gasteiger charge is -2.36. The van der Waals surface area contributed by atoms with E-state index in [1.807, 2.05) is 32.0 Å².